The zero-order valence-electron chi connectivity index (χ0n) is 14.1. The molecule has 0 aliphatic heterocycles. The molecule has 0 saturated carbocycles. The summed E-state index contributed by atoms with van der Waals surface area (Å²) < 4.78 is 36.1. The van der Waals surface area contributed by atoms with E-state index in [1.165, 1.54) is 17.5 Å². The number of hydrogen-bond acceptors (Lipinski definition) is 6. The van der Waals surface area contributed by atoms with E-state index < -0.39 is 16.0 Å². The molecule has 1 aromatic carbocycles. The molecule has 0 fully saturated rings. The number of aromatic nitrogens is 1. The van der Waals surface area contributed by atoms with Crippen LogP contribution in [0.15, 0.2) is 46.4 Å². The van der Waals surface area contributed by atoms with Crippen molar-refractivity contribution >= 4 is 22.1 Å². The highest BCUT2D eigenvalue weighted by atomic mass is 32.2. The van der Waals surface area contributed by atoms with Crippen molar-refractivity contribution in [2.45, 2.75) is 19.9 Å². The molecule has 7 nitrogen and oxygen atoms in total. The van der Waals surface area contributed by atoms with Crippen LogP contribution >= 0.6 is 0 Å². The predicted octanol–water partition coefficient (Wildman–Crippen LogP) is 2.67. The summed E-state index contributed by atoms with van der Waals surface area (Å²) in [6.07, 6.45) is 3.31. The number of esters is 1. The first-order valence-corrected chi connectivity index (χ1v) is 9.22. The van der Waals surface area contributed by atoms with Crippen LogP contribution in [0, 0.1) is 0 Å². The van der Waals surface area contributed by atoms with Gasteiger partial charge in [0.05, 0.1) is 13.7 Å². The summed E-state index contributed by atoms with van der Waals surface area (Å²) in [5, 5.41) is 1.15. The molecule has 2 aromatic rings. The Balaban J connectivity index is 2.17. The minimum Gasteiger partial charge on any atom is -0.464 e. The number of hydrogen-bond donors (Lipinski definition) is 0. The Bertz CT molecular complexity index is 828. The van der Waals surface area contributed by atoms with Crippen LogP contribution in [0.3, 0.4) is 0 Å². The molecule has 1 heterocycles. The van der Waals surface area contributed by atoms with Crippen molar-refractivity contribution in [1.29, 1.82) is 0 Å². The summed E-state index contributed by atoms with van der Waals surface area (Å²) in [6.45, 7) is 2.11. The van der Waals surface area contributed by atoms with Crippen LogP contribution in [0.2, 0.25) is 0 Å². The van der Waals surface area contributed by atoms with E-state index in [1.54, 1.807) is 0 Å². The molecule has 0 aliphatic carbocycles. The van der Waals surface area contributed by atoms with E-state index in [2.05, 4.69) is 9.72 Å². The van der Waals surface area contributed by atoms with Crippen molar-refractivity contribution in [2.24, 2.45) is 0 Å². The van der Waals surface area contributed by atoms with E-state index in [0.717, 1.165) is 17.2 Å². The number of rotatable bonds is 8. The van der Waals surface area contributed by atoms with Crippen molar-refractivity contribution in [1.82, 2.24) is 9.29 Å². The van der Waals surface area contributed by atoms with Gasteiger partial charge in [0.2, 0.25) is 15.9 Å². The van der Waals surface area contributed by atoms with Gasteiger partial charge in [0.15, 0.2) is 5.69 Å². The number of methoxy groups -OCH3 is 1. The smallest absolute Gasteiger partial charge is 0.360 e. The fourth-order valence-electron chi connectivity index (χ4n) is 2.09. The Kier molecular flexibility index (Phi) is 6.49. The summed E-state index contributed by atoms with van der Waals surface area (Å²) in [7, 11) is -2.43. The molecule has 2 rings (SSSR count). The van der Waals surface area contributed by atoms with Crippen molar-refractivity contribution in [2.75, 3.05) is 13.7 Å². The molecule has 25 heavy (non-hydrogen) atoms. The summed E-state index contributed by atoms with van der Waals surface area (Å²) in [5.74, 6) is -0.505. The van der Waals surface area contributed by atoms with Crippen molar-refractivity contribution < 1.29 is 22.4 Å². The Morgan fingerprint density at radius 3 is 2.68 bits per heavy atom. The Hall–Kier alpha value is -2.45. The van der Waals surface area contributed by atoms with Crippen molar-refractivity contribution in [3.63, 3.8) is 0 Å². The maximum Gasteiger partial charge on any atom is 0.360 e. The quantitative estimate of drug-likeness (QED) is 0.669. The molecule has 8 heteroatoms. The molecule has 0 saturated heterocycles. The van der Waals surface area contributed by atoms with Gasteiger partial charge in [-0.05, 0) is 18.1 Å². The molecule has 0 radical (unpaired) electrons. The lowest BCUT2D eigenvalue weighted by atomic mass is 10.2. The van der Waals surface area contributed by atoms with Gasteiger partial charge >= 0.3 is 5.97 Å². The van der Waals surface area contributed by atoms with Crippen LogP contribution < -0.4 is 0 Å². The SMILES string of the molecule is CCCN(Cc1nc(C(=O)OC)co1)S(=O)(=O)C=Cc1ccccc1. The topological polar surface area (TPSA) is 89.7 Å². The number of sulfonamides is 1. The van der Waals surface area contributed by atoms with Crippen molar-refractivity contribution in [3.05, 3.63) is 59.2 Å². The third-order valence-corrected chi connectivity index (χ3v) is 4.83. The summed E-state index contributed by atoms with van der Waals surface area (Å²) in [6, 6.07) is 9.14. The van der Waals surface area contributed by atoms with Crippen LogP contribution in [0.5, 0.6) is 0 Å². The number of carbonyl (C=O) groups excluding carboxylic acids is 1. The lowest BCUT2D eigenvalue weighted by Gasteiger charge is -2.17. The zero-order chi connectivity index (χ0) is 18.3. The molecule has 0 spiro atoms. The molecule has 0 amide bonds. The number of ether oxygens (including phenoxy) is 1. The Labute approximate surface area is 147 Å². The van der Waals surface area contributed by atoms with Gasteiger partial charge in [-0.25, -0.2) is 18.2 Å². The van der Waals surface area contributed by atoms with Crippen LogP contribution in [-0.4, -0.2) is 37.3 Å². The monoisotopic (exact) mass is 364 g/mol. The third-order valence-electron chi connectivity index (χ3n) is 3.32. The largest absolute Gasteiger partial charge is 0.464 e. The van der Waals surface area contributed by atoms with Gasteiger partial charge in [-0.15, -0.1) is 0 Å². The maximum absolute atomic E-state index is 12.6. The molecule has 0 N–H and O–H groups in total. The van der Waals surface area contributed by atoms with E-state index in [-0.39, 0.29) is 18.1 Å². The number of benzene rings is 1. The summed E-state index contributed by atoms with van der Waals surface area (Å²) in [4.78, 5) is 15.4. The normalized spacial score (nSPS) is 12.0. The first kappa shape index (κ1) is 18.9. The molecule has 0 atom stereocenters. The van der Waals surface area contributed by atoms with Crippen molar-refractivity contribution in [3.8, 4) is 0 Å². The van der Waals surface area contributed by atoms with E-state index >= 15 is 0 Å². The predicted molar refractivity (Wildman–Crippen MR) is 92.9 cm³/mol. The zero-order valence-corrected chi connectivity index (χ0v) is 14.9. The fraction of sp³-hybridized carbons (Fsp3) is 0.294. The van der Waals surface area contributed by atoms with Gasteiger partial charge in [-0.1, -0.05) is 37.3 Å². The van der Waals surface area contributed by atoms with E-state index in [1.807, 2.05) is 37.3 Å². The molecule has 0 bridgehead atoms. The third kappa shape index (κ3) is 5.27. The standard InChI is InChI=1S/C17H20N2O5S/c1-3-10-19(12-16-18-15(13-24-16)17(20)23-2)25(21,22)11-9-14-7-5-4-6-8-14/h4-9,11,13H,3,10,12H2,1-2H3. The van der Waals surface area contributed by atoms with Gasteiger partial charge in [-0.2, -0.15) is 4.31 Å². The van der Waals surface area contributed by atoms with Gasteiger partial charge in [0.1, 0.15) is 6.26 Å². The van der Waals surface area contributed by atoms with Crippen LogP contribution in [0.25, 0.3) is 6.08 Å². The first-order chi connectivity index (χ1) is 12.0. The number of oxazole rings is 1. The van der Waals surface area contributed by atoms with E-state index in [4.69, 9.17) is 4.42 Å². The average molecular weight is 364 g/mol. The highest BCUT2D eigenvalue weighted by Crippen LogP contribution is 2.14. The lowest BCUT2D eigenvalue weighted by Crippen LogP contribution is -2.29. The number of nitrogens with zero attached hydrogens (tertiary/aromatic N) is 2. The van der Waals surface area contributed by atoms with E-state index in [0.29, 0.717) is 13.0 Å². The Morgan fingerprint density at radius 1 is 1.32 bits per heavy atom. The first-order valence-electron chi connectivity index (χ1n) is 7.72. The highest BCUT2D eigenvalue weighted by molar-refractivity contribution is 7.92. The van der Waals surface area contributed by atoms with Gasteiger partial charge in [0, 0.05) is 12.0 Å². The maximum atomic E-state index is 12.6. The average Bonchev–Trinajstić information content (AvgIpc) is 3.08. The Morgan fingerprint density at radius 2 is 2.04 bits per heavy atom. The minimum atomic E-state index is -3.66. The second-order valence-electron chi connectivity index (χ2n) is 5.21. The molecule has 1 aromatic heterocycles. The summed E-state index contributed by atoms with van der Waals surface area (Å²) in [5.41, 5.74) is 0.790. The number of carbonyl (C=O) groups is 1. The van der Waals surface area contributed by atoms with Gasteiger partial charge in [0.25, 0.3) is 0 Å². The molecular weight excluding hydrogens is 344 g/mol. The van der Waals surface area contributed by atoms with Gasteiger partial charge in [-0.3, -0.25) is 0 Å². The lowest BCUT2D eigenvalue weighted by molar-refractivity contribution is 0.0594. The van der Waals surface area contributed by atoms with Crippen LogP contribution in [0.1, 0.15) is 35.3 Å². The van der Waals surface area contributed by atoms with Crippen LogP contribution in [0.4, 0.5) is 0 Å². The summed E-state index contributed by atoms with van der Waals surface area (Å²) >= 11 is 0. The molecular formula is C17H20N2O5S. The fourth-order valence-corrected chi connectivity index (χ4v) is 3.32. The van der Waals surface area contributed by atoms with Crippen LogP contribution in [-0.2, 0) is 21.3 Å². The molecule has 0 aliphatic rings. The second kappa shape index (κ2) is 8.59. The van der Waals surface area contributed by atoms with E-state index in [9.17, 15) is 13.2 Å². The minimum absolute atomic E-state index is 0.00572. The molecule has 134 valence electrons. The van der Waals surface area contributed by atoms with Gasteiger partial charge < -0.3 is 9.15 Å². The highest BCUT2D eigenvalue weighted by Gasteiger charge is 2.22. The molecule has 0 unspecified atom stereocenters. The second-order valence-corrected chi connectivity index (χ2v) is 7.03.